The summed E-state index contributed by atoms with van der Waals surface area (Å²) in [7, 11) is 0. The predicted octanol–water partition coefficient (Wildman–Crippen LogP) is 2.48. The van der Waals surface area contributed by atoms with E-state index in [1.807, 2.05) is 25.5 Å². The molecule has 0 aromatic carbocycles. The molecule has 2 rings (SSSR count). The molecule has 5 nitrogen and oxygen atoms in total. The van der Waals surface area contributed by atoms with Crippen molar-refractivity contribution in [3.05, 3.63) is 17.5 Å². The minimum absolute atomic E-state index is 0.132. The summed E-state index contributed by atoms with van der Waals surface area (Å²) < 4.78 is 1.95. The van der Waals surface area contributed by atoms with Gasteiger partial charge in [0.2, 0.25) is 0 Å². The number of amides is 1. The molecule has 0 radical (unpaired) electrons. The van der Waals surface area contributed by atoms with Crippen LogP contribution < -0.4 is 5.32 Å². The summed E-state index contributed by atoms with van der Waals surface area (Å²) in [6.07, 6.45) is 3.35. The Morgan fingerprint density at radius 2 is 2.10 bits per heavy atom. The van der Waals surface area contributed by atoms with E-state index in [1.165, 1.54) is 0 Å². The molecule has 1 heterocycles. The number of nitrogens with one attached hydrogen (secondary N) is 1. The van der Waals surface area contributed by atoms with Crippen LogP contribution in [0.3, 0.4) is 0 Å². The second-order valence-corrected chi connectivity index (χ2v) is 7.35. The van der Waals surface area contributed by atoms with Gasteiger partial charge in [-0.15, -0.1) is 0 Å². The Morgan fingerprint density at radius 1 is 1.48 bits per heavy atom. The average molecular weight is 293 g/mol. The lowest BCUT2D eigenvalue weighted by molar-refractivity contribution is 0.0586. The summed E-state index contributed by atoms with van der Waals surface area (Å²) in [4.78, 5) is 12.4. The van der Waals surface area contributed by atoms with Crippen LogP contribution >= 0.6 is 0 Å². The zero-order chi connectivity index (χ0) is 15.8. The molecule has 1 aromatic rings. The molecule has 1 atom stereocenters. The van der Waals surface area contributed by atoms with Crippen LogP contribution in [0.2, 0.25) is 0 Å². The van der Waals surface area contributed by atoms with Gasteiger partial charge in [-0.1, -0.05) is 20.8 Å². The van der Waals surface area contributed by atoms with Crippen LogP contribution in [0, 0.1) is 5.41 Å². The number of rotatable bonds is 5. The molecule has 1 fully saturated rings. The molecule has 0 saturated heterocycles. The van der Waals surface area contributed by atoms with Gasteiger partial charge in [0.15, 0.2) is 0 Å². The van der Waals surface area contributed by atoms with Gasteiger partial charge in [0.05, 0.1) is 23.6 Å². The summed E-state index contributed by atoms with van der Waals surface area (Å²) in [5, 5.41) is 17.2. The zero-order valence-electron chi connectivity index (χ0n) is 13.7. The van der Waals surface area contributed by atoms with Gasteiger partial charge >= 0.3 is 0 Å². The van der Waals surface area contributed by atoms with Crippen molar-refractivity contribution in [3.8, 4) is 0 Å². The van der Waals surface area contributed by atoms with Gasteiger partial charge in [-0.3, -0.25) is 9.48 Å². The highest BCUT2D eigenvalue weighted by molar-refractivity contribution is 5.95. The molecule has 1 aliphatic carbocycles. The van der Waals surface area contributed by atoms with E-state index >= 15 is 0 Å². The van der Waals surface area contributed by atoms with Crippen LogP contribution in [-0.2, 0) is 0 Å². The van der Waals surface area contributed by atoms with E-state index in [0.29, 0.717) is 11.5 Å². The summed E-state index contributed by atoms with van der Waals surface area (Å²) in [5.74, 6) is 0.329. The SMILES string of the molecule is CC(C)n1ncc(C(=O)NCC(O)C(C)(C)C)c1C1CC1. The molecule has 118 valence electrons. The van der Waals surface area contributed by atoms with Crippen molar-refractivity contribution < 1.29 is 9.90 Å². The van der Waals surface area contributed by atoms with Gasteiger partial charge in [0.1, 0.15) is 0 Å². The maximum Gasteiger partial charge on any atom is 0.254 e. The Bertz CT molecular complexity index is 510. The van der Waals surface area contributed by atoms with Crippen molar-refractivity contribution in [2.45, 2.75) is 65.5 Å². The molecular weight excluding hydrogens is 266 g/mol. The predicted molar refractivity (Wildman–Crippen MR) is 82.4 cm³/mol. The molecule has 1 unspecified atom stereocenters. The van der Waals surface area contributed by atoms with Gasteiger partial charge < -0.3 is 10.4 Å². The lowest BCUT2D eigenvalue weighted by atomic mass is 9.89. The maximum atomic E-state index is 12.4. The van der Waals surface area contributed by atoms with Crippen molar-refractivity contribution in [2.75, 3.05) is 6.54 Å². The first-order valence-electron chi connectivity index (χ1n) is 7.75. The van der Waals surface area contributed by atoms with Crippen LogP contribution in [0.15, 0.2) is 6.20 Å². The number of carbonyl (C=O) groups is 1. The molecule has 1 saturated carbocycles. The van der Waals surface area contributed by atoms with E-state index in [0.717, 1.165) is 18.5 Å². The monoisotopic (exact) mass is 293 g/mol. The van der Waals surface area contributed by atoms with Crippen LogP contribution in [0.25, 0.3) is 0 Å². The van der Waals surface area contributed by atoms with Crippen molar-refractivity contribution in [1.82, 2.24) is 15.1 Å². The number of aromatic nitrogens is 2. The molecule has 1 aromatic heterocycles. The lowest BCUT2D eigenvalue weighted by Crippen LogP contribution is -2.39. The number of aliphatic hydroxyl groups is 1. The fourth-order valence-corrected chi connectivity index (χ4v) is 2.31. The topological polar surface area (TPSA) is 67.2 Å². The highest BCUT2D eigenvalue weighted by atomic mass is 16.3. The first-order valence-corrected chi connectivity index (χ1v) is 7.75. The van der Waals surface area contributed by atoms with E-state index in [4.69, 9.17) is 0 Å². The van der Waals surface area contributed by atoms with Gasteiger partial charge in [-0.25, -0.2) is 0 Å². The standard InChI is InChI=1S/C16H27N3O2/c1-10(2)19-14(11-6-7-11)12(8-18-19)15(21)17-9-13(20)16(3,4)5/h8,10-11,13,20H,6-7,9H2,1-5H3,(H,17,21). The number of hydrogen-bond donors (Lipinski definition) is 2. The van der Waals surface area contributed by atoms with Crippen molar-refractivity contribution in [1.29, 1.82) is 0 Å². The van der Waals surface area contributed by atoms with Gasteiger partial charge in [-0.05, 0) is 32.1 Å². The van der Waals surface area contributed by atoms with E-state index < -0.39 is 6.10 Å². The molecule has 21 heavy (non-hydrogen) atoms. The third kappa shape index (κ3) is 3.64. The lowest BCUT2D eigenvalue weighted by Gasteiger charge is -2.25. The summed E-state index contributed by atoms with van der Waals surface area (Å²) in [6.45, 7) is 10.3. The van der Waals surface area contributed by atoms with Gasteiger partial charge in [0, 0.05) is 18.5 Å². The molecule has 2 N–H and O–H groups in total. The molecule has 0 spiro atoms. The Morgan fingerprint density at radius 3 is 2.57 bits per heavy atom. The minimum atomic E-state index is -0.564. The molecule has 5 heteroatoms. The van der Waals surface area contributed by atoms with Crippen LogP contribution in [0.4, 0.5) is 0 Å². The van der Waals surface area contributed by atoms with E-state index in [9.17, 15) is 9.90 Å². The summed E-state index contributed by atoms with van der Waals surface area (Å²) >= 11 is 0. The van der Waals surface area contributed by atoms with E-state index in [1.54, 1.807) is 6.20 Å². The normalized spacial score (nSPS) is 17.1. The second kappa shape index (κ2) is 5.79. The van der Waals surface area contributed by atoms with Gasteiger partial charge in [0.25, 0.3) is 5.91 Å². The maximum absolute atomic E-state index is 12.4. The Hall–Kier alpha value is -1.36. The van der Waals surface area contributed by atoms with E-state index in [-0.39, 0.29) is 23.9 Å². The fraction of sp³-hybridized carbons (Fsp3) is 0.750. The smallest absolute Gasteiger partial charge is 0.254 e. The molecule has 1 aliphatic rings. The van der Waals surface area contributed by atoms with E-state index in [2.05, 4.69) is 24.3 Å². The second-order valence-electron chi connectivity index (χ2n) is 7.35. The Labute approximate surface area is 126 Å². The number of carbonyl (C=O) groups excluding carboxylic acids is 1. The first kappa shape index (κ1) is 16.0. The first-order chi connectivity index (χ1) is 9.71. The quantitative estimate of drug-likeness (QED) is 0.876. The van der Waals surface area contributed by atoms with Crippen LogP contribution in [0.5, 0.6) is 0 Å². The molecule has 0 aliphatic heterocycles. The van der Waals surface area contributed by atoms with Crippen LogP contribution in [-0.4, -0.2) is 33.4 Å². The summed E-state index contributed by atoms with van der Waals surface area (Å²) in [6, 6.07) is 0.252. The third-order valence-corrected chi connectivity index (χ3v) is 3.99. The average Bonchev–Trinajstić information content (AvgIpc) is 3.12. The van der Waals surface area contributed by atoms with Crippen LogP contribution in [0.1, 0.15) is 75.5 Å². The number of aliphatic hydroxyl groups excluding tert-OH is 1. The van der Waals surface area contributed by atoms with Gasteiger partial charge in [-0.2, -0.15) is 5.10 Å². The Balaban J connectivity index is 2.09. The van der Waals surface area contributed by atoms with Crippen molar-refractivity contribution in [3.63, 3.8) is 0 Å². The zero-order valence-corrected chi connectivity index (χ0v) is 13.7. The third-order valence-electron chi connectivity index (χ3n) is 3.99. The largest absolute Gasteiger partial charge is 0.391 e. The van der Waals surface area contributed by atoms with Crippen molar-refractivity contribution in [2.24, 2.45) is 5.41 Å². The molecule has 0 bridgehead atoms. The number of hydrogen-bond acceptors (Lipinski definition) is 3. The summed E-state index contributed by atoms with van der Waals surface area (Å²) in [5.41, 5.74) is 1.47. The molecule has 1 amide bonds. The fourth-order valence-electron chi connectivity index (χ4n) is 2.31. The number of nitrogens with zero attached hydrogens (tertiary/aromatic N) is 2. The highest BCUT2D eigenvalue weighted by Gasteiger charge is 2.33. The minimum Gasteiger partial charge on any atom is -0.391 e. The molecular formula is C16H27N3O2. The van der Waals surface area contributed by atoms with Crippen molar-refractivity contribution >= 4 is 5.91 Å². The Kier molecular flexibility index (Phi) is 4.42. The highest BCUT2D eigenvalue weighted by Crippen LogP contribution is 2.42.